The van der Waals surface area contributed by atoms with Crippen LogP contribution >= 0.6 is 0 Å². The lowest BCUT2D eigenvalue weighted by atomic mass is 10.1. The number of non-ortho nitro benzene ring substituents is 1. The Morgan fingerprint density at radius 1 is 1.42 bits per heavy atom. The molecule has 0 saturated carbocycles. The highest BCUT2D eigenvalue weighted by atomic mass is 16.6. The van der Waals surface area contributed by atoms with Crippen LogP contribution < -0.4 is 10.1 Å². The van der Waals surface area contributed by atoms with Gasteiger partial charge in [0, 0.05) is 24.1 Å². The fourth-order valence-corrected chi connectivity index (χ4v) is 1.46. The minimum Gasteiger partial charge on any atom is -0.493 e. The van der Waals surface area contributed by atoms with E-state index in [1.54, 1.807) is 12.1 Å². The van der Waals surface area contributed by atoms with Crippen molar-refractivity contribution in [1.29, 1.82) is 0 Å². The molecular weight excluding hydrogens is 244 g/mol. The summed E-state index contributed by atoms with van der Waals surface area (Å²) in [6, 6.07) is 6.27. The van der Waals surface area contributed by atoms with Crippen molar-refractivity contribution >= 4 is 5.69 Å². The van der Waals surface area contributed by atoms with E-state index < -0.39 is 4.92 Å². The lowest BCUT2D eigenvalue weighted by Gasteiger charge is -2.23. The topological polar surface area (TPSA) is 64.4 Å². The average Bonchev–Trinajstić information content (AvgIpc) is 2.33. The first-order chi connectivity index (χ1) is 8.78. The summed E-state index contributed by atoms with van der Waals surface area (Å²) in [5, 5.41) is 14.0. The molecule has 1 N–H and O–H groups in total. The maximum absolute atomic E-state index is 10.6. The van der Waals surface area contributed by atoms with E-state index in [1.165, 1.54) is 12.1 Å². The van der Waals surface area contributed by atoms with Crippen LogP contribution in [0.2, 0.25) is 0 Å². The van der Waals surface area contributed by atoms with Gasteiger partial charge in [-0.3, -0.25) is 10.1 Å². The molecule has 0 bridgehead atoms. The van der Waals surface area contributed by atoms with Crippen molar-refractivity contribution in [2.24, 2.45) is 5.92 Å². The Hall–Kier alpha value is -1.62. The van der Waals surface area contributed by atoms with E-state index in [1.807, 2.05) is 0 Å². The minimum absolute atomic E-state index is 0.0537. The van der Waals surface area contributed by atoms with Gasteiger partial charge in [0.2, 0.25) is 0 Å². The molecule has 1 unspecified atom stereocenters. The molecule has 19 heavy (non-hydrogen) atoms. The SMILES string of the molecule is CC(CNC(C)(C)C)COc1cccc([N+](=O)[O-])c1. The number of nitro benzene ring substituents is 1. The summed E-state index contributed by atoms with van der Waals surface area (Å²) in [6.45, 7) is 9.79. The number of benzene rings is 1. The van der Waals surface area contributed by atoms with Crippen LogP contribution in [0.25, 0.3) is 0 Å². The Morgan fingerprint density at radius 3 is 2.68 bits per heavy atom. The van der Waals surface area contributed by atoms with Gasteiger partial charge in [-0.2, -0.15) is 0 Å². The van der Waals surface area contributed by atoms with Crippen LogP contribution in [0.15, 0.2) is 24.3 Å². The Kier molecular flexibility index (Phi) is 5.30. The predicted octanol–water partition coefficient (Wildman–Crippen LogP) is 3.00. The number of nitrogens with zero attached hydrogens (tertiary/aromatic N) is 1. The lowest BCUT2D eigenvalue weighted by Crippen LogP contribution is -2.39. The van der Waals surface area contributed by atoms with Gasteiger partial charge in [-0.05, 0) is 26.8 Å². The van der Waals surface area contributed by atoms with E-state index in [-0.39, 0.29) is 11.2 Å². The van der Waals surface area contributed by atoms with Crippen LogP contribution in [0.5, 0.6) is 5.75 Å². The van der Waals surface area contributed by atoms with E-state index in [2.05, 4.69) is 33.0 Å². The molecular formula is C14H22N2O3. The summed E-state index contributed by atoms with van der Waals surface area (Å²) in [6.07, 6.45) is 0. The second-order valence-electron chi connectivity index (χ2n) is 5.80. The molecule has 0 radical (unpaired) electrons. The van der Waals surface area contributed by atoms with Gasteiger partial charge >= 0.3 is 0 Å². The molecule has 1 atom stereocenters. The molecule has 0 aliphatic rings. The standard InChI is InChI=1S/C14H22N2O3/c1-11(9-15-14(2,3)4)10-19-13-7-5-6-12(8-13)16(17)18/h5-8,11,15H,9-10H2,1-4H3. The number of nitrogens with one attached hydrogen (secondary N) is 1. The van der Waals surface area contributed by atoms with E-state index in [0.29, 0.717) is 18.3 Å². The van der Waals surface area contributed by atoms with E-state index in [0.717, 1.165) is 6.54 Å². The van der Waals surface area contributed by atoms with E-state index >= 15 is 0 Å². The first kappa shape index (κ1) is 15.4. The largest absolute Gasteiger partial charge is 0.493 e. The fraction of sp³-hybridized carbons (Fsp3) is 0.571. The summed E-state index contributed by atoms with van der Waals surface area (Å²) in [5.74, 6) is 0.871. The molecule has 0 heterocycles. The molecule has 1 aromatic carbocycles. The number of hydrogen-bond donors (Lipinski definition) is 1. The van der Waals surface area contributed by atoms with Gasteiger partial charge in [0.15, 0.2) is 0 Å². The number of ether oxygens (including phenoxy) is 1. The third-order valence-corrected chi connectivity index (χ3v) is 2.54. The van der Waals surface area contributed by atoms with Crippen LogP contribution in [0, 0.1) is 16.0 Å². The normalized spacial score (nSPS) is 13.1. The quantitative estimate of drug-likeness (QED) is 0.635. The summed E-state index contributed by atoms with van der Waals surface area (Å²) in [5.41, 5.74) is 0.137. The Morgan fingerprint density at radius 2 is 2.11 bits per heavy atom. The zero-order chi connectivity index (χ0) is 14.5. The Labute approximate surface area is 114 Å². The Balaban J connectivity index is 2.44. The Bertz CT molecular complexity index is 427. The monoisotopic (exact) mass is 266 g/mol. The highest BCUT2D eigenvalue weighted by molar-refractivity contribution is 5.37. The van der Waals surface area contributed by atoms with Crippen LogP contribution in [0.4, 0.5) is 5.69 Å². The fourth-order valence-electron chi connectivity index (χ4n) is 1.46. The van der Waals surface area contributed by atoms with E-state index in [4.69, 9.17) is 4.74 Å². The maximum atomic E-state index is 10.6. The number of nitro groups is 1. The smallest absolute Gasteiger partial charge is 0.273 e. The van der Waals surface area contributed by atoms with Crippen molar-refractivity contribution in [1.82, 2.24) is 5.32 Å². The lowest BCUT2D eigenvalue weighted by molar-refractivity contribution is -0.384. The maximum Gasteiger partial charge on any atom is 0.273 e. The molecule has 5 nitrogen and oxygen atoms in total. The van der Waals surface area contributed by atoms with Crippen molar-refractivity contribution in [3.05, 3.63) is 34.4 Å². The highest BCUT2D eigenvalue weighted by Crippen LogP contribution is 2.19. The summed E-state index contributed by atoms with van der Waals surface area (Å²) < 4.78 is 5.58. The summed E-state index contributed by atoms with van der Waals surface area (Å²) >= 11 is 0. The highest BCUT2D eigenvalue weighted by Gasteiger charge is 2.12. The van der Waals surface area contributed by atoms with E-state index in [9.17, 15) is 10.1 Å². The van der Waals surface area contributed by atoms with Gasteiger partial charge < -0.3 is 10.1 Å². The summed E-state index contributed by atoms with van der Waals surface area (Å²) in [7, 11) is 0. The number of hydrogen-bond acceptors (Lipinski definition) is 4. The molecule has 0 aliphatic carbocycles. The van der Waals surface area contributed by atoms with Crippen molar-refractivity contribution in [3.8, 4) is 5.75 Å². The van der Waals surface area contributed by atoms with Gasteiger partial charge in [0.1, 0.15) is 5.75 Å². The minimum atomic E-state index is -0.419. The second-order valence-corrected chi connectivity index (χ2v) is 5.80. The molecule has 1 rings (SSSR count). The van der Waals surface area contributed by atoms with Crippen LogP contribution in [0.1, 0.15) is 27.7 Å². The van der Waals surface area contributed by atoms with Crippen molar-refractivity contribution in [3.63, 3.8) is 0 Å². The third kappa shape index (κ3) is 6.20. The van der Waals surface area contributed by atoms with Gasteiger partial charge in [0.05, 0.1) is 17.6 Å². The van der Waals surface area contributed by atoms with Gasteiger partial charge in [0.25, 0.3) is 5.69 Å². The zero-order valence-electron chi connectivity index (χ0n) is 12.0. The molecule has 106 valence electrons. The molecule has 0 aromatic heterocycles. The van der Waals surface area contributed by atoms with Gasteiger partial charge in [-0.15, -0.1) is 0 Å². The van der Waals surface area contributed by atoms with Crippen molar-refractivity contribution < 1.29 is 9.66 Å². The molecule has 1 aromatic rings. The molecule has 0 saturated heterocycles. The van der Waals surface area contributed by atoms with Crippen LogP contribution in [0.3, 0.4) is 0 Å². The molecule has 5 heteroatoms. The average molecular weight is 266 g/mol. The first-order valence-electron chi connectivity index (χ1n) is 6.40. The third-order valence-electron chi connectivity index (χ3n) is 2.54. The summed E-state index contributed by atoms with van der Waals surface area (Å²) in [4.78, 5) is 10.2. The van der Waals surface area contributed by atoms with Crippen molar-refractivity contribution in [2.75, 3.05) is 13.2 Å². The van der Waals surface area contributed by atoms with Gasteiger partial charge in [-0.1, -0.05) is 13.0 Å². The van der Waals surface area contributed by atoms with Gasteiger partial charge in [-0.25, -0.2) is 0 Å². The van der Waals surface area contributed by atoms with Crippen LogP contribution in [-0.2, 0) is 0 Å². The molecule has 0 amide bonds. The molecule has 0 fully saturated rings. The second kappa shape index (κ2) is 6.52. The number of rotatable bonds is 6. The predicted molar refractivity (Wildman–Crippen MR) is 75.5 cm³/mol. The zero-order valence-corrected chi connectivity index (χ0v) is 12.0. The van der Waals surface area contributed by atoms with Crippen LogP contribution in [-0.4, -0.2) is 23.6 Å². The first-order valence-corrected chi connectivity index (χ1v) is 6.40. The molecule has 0 spiro atoms. The molecule has 0 aliphatic heterocycles. The van der Waals surface area contributed by atoms with Crippen molar-refractivity contribution in [2.45, 2.75) is 33.2 Å².